The number of pyridine rings is 1. The van der Waals surface area contributed by atoms with Crippen molar-refractivity contribution in [2.24, 2.45) is 0 Å². The molecule has 3 nitrogen and oxygen atoms in total. The molecule has 0 fully saturated rings. The van der Waals surface area contributed by atoms with Crippen molar-refractivity contribution < 1.29 is 18.0 Å². The van der Waals surface area contributed by atoms with Gasteiger partial charge in [-0.1, -0.05) is 11.6 Å². The van der Waals surface area contributed by atoms with Crippen LogP contribution < -0.4 is 0 Å². The van der Waals surface area contributed by atoms with Gasteiger partial charge in [-0.3, -0.25) is 9.78 Å². The third-order valence-electron chi connectivity index (χ3n) is 2.80. The van der Waals surface area contributed by atoms with E-state index in [4.69, 9.17) is 28.5 Å². The summed E-state index contributed by atoms with van der Waals surface area (Å²) in [7, 11) is 0. The number of aromatic nitrogens is 1. The standard InChI is InChI=1S/C14H5Cl2F3N2O/c15-11-2-1-7(13(16)22)3-9(11)10-6-21-12(14(17,18)19)4-8(10)5-20/h1-4,6H. The van der Waals surface area contributed by atoms with E-state index < -0.39 is 17.1 Å². The maximum Gasteiger partial charge on any atom is 0.433 e. The molecule has 0 bridgehead atoms. The highest BCUT2D eigenvalue weighted by Crippen LogP contribution is 2.34. The molecule has 0 aliphatic carbocycles. The van der Waals surface area contributed by atoms with Crippen LogP contribution in [0.1, 0.15) is 21.6 Å². The van der Waals surface area contributed by atoms with E-state index in [0.29, 0.717) is 6.07 Å². The van der Waals surface area contributed by atoms with Crippen LogP contribution in [0.3, 0.4) is 0 Å². The van der Waals surface area contributed by atoms with Gasteiger partial charge in [0.1, 0.15) is 5.69 Å². The summed E-state index contributed by atoms with van der Waals surface area (Å²) in [5.74, 6) is 0. The van der Waals surface area contributed by atoms with Crippen molar-refractivity contribution in [2.45, 2.75) is 6.18 Å². The van der Waals surface area contributed by atoms with Gasteiger partial charge in [0.05, 0.1) is 11.6 Å². The Hall–Kier alpha value is -2.10. The molecular formula is C14H5Cl2F3N2O. The monoisotopic (exact) mass is 344 g/mol. The summed E-state index contributed by atoms with van der Waals surface area (Å²) < 4.78 is 37.9. The van der Waals surface area contributed by atoms with Crippen molar-refractivity contribution in [1.29, 1.82) is 5.26 Å². The molecule has 0 aliphatic heterocycles. The first-order chi connectivity index (χ1) is 10.2. The molecule has 0 spiro atoms. The minimum absolute atomic E-state index is 0.0836. The van der Waals surface area contributed by atoms with E-state index in [1.807, 2.05) is 0 Å². The predicted octanol–water partition coefficient (Wildman–Crippen LogP) is 4.67. The number of hydrogen-bond acceptors (Lipinski definition) is 3. The molecule has 0 aliphatic rings. The topological polar surface area (TPSA) is 53.8 Å². The lowest BCUT2D eigenvalue weighted by Crippen LogP contribution is -2.08. The summed E-state index contributed by atoms with van der Waals surface area (Å²) in [5, 5.41) is 8.46. The highest BCUT2D eigenvalue weighted by atomic mass is 35.5. The quantitative estimate of drug-likeness (QED) is 0.743. The number of carbonyl (C=O) groups excluding carboxylic acids is 1. The normalized spacial score (nSPS) is 11.1. The highest BCUT2D eigenvalue weighted by Gasteiger charge is 2.33. The molecule has 0 N–H and O–H groups in total. The summed E-state index contributed by atoms with van der Waals surface area (Å²) in [6.45, 7) is 0. The second kappa shape index (κ2) is 5.95. The lowest BCUT2D eigenvalue weighted by molar-refractivity contribution is -0.141. The fraction of sp³-hybridized carbons (Fsp3) is 0.0714. The molecule has 112 valence electrons. The van der Waals surface area contributed by atoms with Crippen molar-refractivity contribution >= 4 is 28.4 Å². The molecule has 0 saturated heterocycles. The lowest BCUT2D eigenvalue weighted by atomic mass is 10.00. The van der Waals surface area contributed by atoms with Gasteiger partial charge < -0.3 is 0 Å². The van der Waals surface area contributed by atoms with Gasteiger partial charge in [0.25, 0.3) is 5.24 Å². The molecular weight excluding hydrogens is 340 g/mol. The third kappa shape index (κ3) is 3.21. The molecule has 0 atom stereocenters. The van der Waals surface area contributed by atoms with E-state index in [-0.39, 0.29) is 27.3 Å². The van der Waals surface area contributed by atoms with Gasteiger partial charge in [0.15, 0.2) is 0 Å². The molecule has 0 saturated carbocycles. The van der Waals surface area contributed by atoms with Crippen LogP contribution in [-0.2, 0) is 6.18 Å². The smallest absolute Gasteiger partial charge is 0.276 e. The summed E-state index contributed by atoms with van der Waals surface area (Å²) in [6.07, 6.45) is -3.77. The van der Waals surface area contributed by atoms with Gasteiger partial charge in [-0.15, -0.1) is 0 Å². The molecule has 0 radical (unpaired) electrons. The Morgan fingerprint density at radius 2 is 1.91 bits per heavy atom. The van der Waals surface area contributed by atoms with Crippen LogP contribution in [0.4, 0.5) is 13.2 Å². The average molecular weight is 345 g/mol. The molecule has 8 heteroatoms. The van der Waals surface area contributed by atoms with Crippen molar-refractivity contribution in [3.05, 3.63) is 52.3 Å². The van der Waals surface area contributed by atoms with Gasteiger partial charge in [-0.05, 0) is 35.9 Å². The maximum absolute atomic E-state index is 12.6. The number of halogens is 5. The Morgan fingerprint density at radius 1 is 1.23 bits per heavy atom. The van der Waals surface area contributed by atoms with Gasteiger partial charge in [-0.2, -0.15) is 18.4 Å². The van der Waals surface area contributed by atoms with Gasteiger partial charge >= 0.3 is 6.18 Å². The first-order valence-electron chi connectivity index (χ1n) is 5.71. The minimum Gasteiger partial charge on any atom is -0.276 e. The van der Waals surface area contributed by atoms with Gasteiger partial charge in [0, 0.05) is 27.9 Å². The summed E-state index contributed by atoms with van der Waals surface area (Å²) in [5.41, 5.74) is -1.06. The number of hydrogen-bond donors (Lipinski definition) is 0. The van der Waals surface area contributed by atoms with Crippen LogP contribution in [0, 0.1) is 11.3 Å². The van der Waals surface area contributed by atoms with Crippen molar-refractivity contribution in [1.82, 2.24) is 4.98 Å². The zero-order valence-electron chi connectivity index (χ0n) is 10.6. The number of benzene rings is 1. The highest BCUT2D eigenvalue weighted by molar-refractivity contribution is 6.67. The van der Waals surface area contributed by atoms with Crippen LogP contribution in [0.2, 0.25) is 5.02 Å². The molecule has 2 rings (SSSR count). The summed E-state index contributed by atoms with van der Waals surface area (Å²) >= 11 is 11.3. The Morgan fingerprint density at radius 3 is 2.45 bits per heavy atom. The first kappa shape index (κ1) is 16.3. The molecule has 2 aromatic rings. The Balaban J connectivity index is 2.66. The van der Waals surface area contributed by atoms with E-state index in [1.165, 1.54) is 18.2 Å². The lowest BCUT2D eigenvalue weighted by Gasteiger charge is -2.10. The second-order valence-electron chi connectivity index (χ2n) is 4.19. The van der Waals surface area contributed by atoms with Crippen LogP contribution in [-0.4, -0.2) is 10.2 Å². The van der Waals surface area contributed by atoms with Gasteiger partial charge in [-0.25, -0.2) is 0 Å². The van der Waals surface area contributed by atoms with Crippen LogP contribution in [0.5, 0.6) is 0 Å². The zero-order valence-corrected chi connectivity index (χ0v) is 12.1. The number of carbonyl (C=O) groups is 1. The number of nitrogens with zero attached hydrogens (tertiary/aromatic N) is 2. The number of rotatable bonds is 2. The Labute approximate surface area is 132 Å². The van der Waals surface area contributed by atoms with Crippen molar-refractivity contribution in [3.63, 3.8) is 0 Å². The average Bonchev–Trinajstić information content (AvgIpc) is 2.46. The fourth-order valence-corrected chi connectivity index (χ4v) is 2.11. The molecule has 1 aromatic carbocycles. The molecule has 22 heavy (non-hydrogen) atoms. The molecule has 0 unspecified atom stereocenters. The number of nitriles is 1. The molecule has 0 amide bonds. The van der Waals surface area contributed by atoms with E-state index in [0.717, 1.165) is 6.20 Å². The predicted molar refractivity (Wildman–Crippen MR) is 74.6 cm³/mol. The summed E-state index contributed by atoms with van der Waals surface area (Å²) in [6, 6.07) is 6.32. The SMILES string of the molecule is N#Cc1cc(C(F)(F)F)ncc1-c1cc(C(=O)Cl)ccc1Cl. The van der Waals surface area contributed by atoms with E-state index in [1.54, 1.807) is 6.07 Å². The minimum atomic E-state index is -4.66. The maximum atomic E-state index is 12.6. The van der Waals surface area contributed by atoms with E-state index in [2.05, 4.69) is 4.98 Å². The van der Waals surface area contributed by atoms with E-state index >= 15 is 0 Å². The van der Waals surface area contributed by atoms with Crippen LogP contribution >= 0.6 is 23.2 Å². The summed E-state index contributed by atoms with van der Waals surface area (Å²) in [4.78, 5) is 14.5. The zero-order chi connectivity index (χ0) is 16.5. The van der Waals surface area contributed by atoms with Crippen LogP contribution in [0.25, 0.3) is 11.1 Å². The molecule has 1 heterocycles. The van der Waals surface area contributed by atoms with Crippen molar-refractivity contribution in [2.75, 3.05) is 0 Å². The Kier molecular flexibility index (Phi) is 4.40. The van der Waals surface area contributed by atoms with E-state index in [9.17, 15) is 18.0 Å². The largest absolute Gasteiger partial charge is 0.433 e. The Bertz CT molecular complexity index is 798. The van der Waals surface area contributed by atoms with Gasteiger partial charge in [0.2, 0.25) is 0 Å². The number of alkyl halides is 3. The third-order valence-corrected chi connectivity index (χ3v) is 3.35. The fourth-order valence-electron chi connectivity index (χ4n) is 1.77. The van der Waals surface area contributed by atoms with Crippen LogP contribution in [0.15, 0.2) is 30.5 Å². The van der Waals surface area contributed by atoms with Crippen molar-refractivity contribution in [3.8, 4) is 17.2 Å². The first-order valence-corrected chi connectivity index (χ1v) is 6.46. The molecule has 1 aromatic heterocycles. The second-order valence-corrected chi connectivity index (χ2v) is 4.94.